The molecule has 15 heavy (non-hydrogen) atoms. The number of ether oxygens (including phenoxy) is 1. The molecule has 2 N–H and O–H groups in total. The van der Waals surface area contributed by atoms with Crippen LogP contribution in [-0.2, 0) is 0 Å². The topological polar surface area (TPSA) is 52.3 Å². The summed E-state index contributed by atoms with van der Waals surface area (Å²) in [5, 5.41) is 0. The first-order valence-corrected chi connectivity index (χ1v) is 5.04. The van der Waals surface area contributed by atoms with Gasteiger partial charge in [-0.15, -0.1) is 0 Å². The molecule has 0 amide bonds. The van der Waals surface area contributed by atoms with Gasteiger partial charge < -0.3 is 10.5 Å². The number of rotatable bonds is 3. The Morgan fingerprint density at radius 3 is 2.60 bits per heavy atom. The molecule has 0 saturated heterocycles. The van der Waals surface area contributed by atoms with Crippen LogP contribution in [0.1, 0.15) is 17.3 Å². The van der Waals surface area contributed by atoms with Crippen molar-refractivity contribution in [2.45, 2.75) is 13.5 Å². The third kappa shape index (κ3) is 3.01. The van der Waals surface area contributed by atoms with E-state index in [9.17, 15) is 13.6 Å². The van der Waals surface area contributed by atoms with E-state index in [0.717, 1.165) is 0 Å². The van der Waals surface area contributed by atoms with E-state index in [1.165, 1.54) is 19.1 Å². The van der Waals surface area contributed by atoms with Crippen LogP contribution < -0.4 is 10.5 Å². The second-order valence-corrected chi connectivity index (χ2v) is 3.97. The minimum Gasteiger partial charge on any atom is -0.434 e. The molecule has 3 nitrogen and oxygen atoms in total. The maximum Gasteiger partial charge on any atom is 0.387 e. The molecule has 0 fully saturated rings. The number of nitrogens with two attached hydrogens (primary N) is 1. The Bertz CT molecular complexity index is 396. The van der Waals surface area contributed by atoms with E-state index in [1.54, 1.807) is 0 Å². The SMILES string of the molecule is CC(=O)c1cc(OC(F)F)c(I)cc1N. The van der Waals surface area contributed by atoms with Crippen molar-refractivity contribution >= 4 is 34.1 Å². The van der Waals surface area contributed by atoms with Crippen LogP contribution in [0.2, 0.25) is 0 Å². The van der Waals surface area contributed by atoms with Crippen LogP contribution in [-0.4, -0.2) is 12.4 Å². The van der Waals surface area contributed by atoms with Crippen molar-refractivity contribution in [2.75, 3.05) is 5.73 Å². The summed E-state index contributed by atoms with van der Waals surface area (Å²) in [5.74, 6) is -0.326. The summed E-state index contributed by atoms with van der Waals surface area (Å²) < 4.78 is 28.7. The molecular weight excluding hydrogens is 319 g/mol. The van der Waals surface area contributed by atoms with Crippen LogP contribution in [0.25, 0.3) is 0 Å². The highest BCUT2D eigenvalue weighted by Gasteiger charge is 2.13. The van der Waals surface area contributed by atoms with Gasteiger partial charge in [-0.25, -0.2) is 0 Å². The first-order valence-electron chi connectivity index (χ1n) is 3.96. The lowest BCUT2D eigenvalue weighted by atomic mass is 10.1. The lowest BCUT2D eigenvalue weighted by Crippen LogP contribution is -2.06. The highest BCUT2D eigenvalue weighted by Crippen LogP contribution is 2.28. The monoisotopic (exact) mass is 327 g/mol. The molecule has 0 aliphatic heterocycles. The molecule has 0 bridgehead atoms. The van der Waals surface area contributed by atoms with Crippen LogP contribution in [0, 0.1) is 3.57 Å². The van der Waals surface area contributed by atoms with Crippen LogP contribution in [0.5, 0.6) is 5.75 Å². The van der Waals surface area contributed by atoms with Crippen molar-refractivity contribution in [1.82, 2.24) is 0 Å². The number of hydrogen-bond acceptors (Lipinski definition) is 3. The maximum atomic E-state index is 12.0. The Kier molecular flexibility index (Phi) is 3.83. The molecule has 0 saturated carbocycles. The van der Waals surface area contributed by atoms with E-state index >= 15 is 0 Å². The Labute approximate surface area is 98.7 Å². The lowest BCUT2D eigenvalue weighted by Gasteiger charge is -2.10. The summed E-state index contributed by atoms with van der Waals surface area (Å²) >= 11 is 1.81. The normalized spacial score (nSPS) is 10.5. The van der Waals surface area contributed by atoms with Gasteiger partial charge in [-0.1, -0.05) is 0 Å². The predicted molar refractivity (Wildman–Crippen MR) is 60.2 cm³/mol. The first-order chi connectivity index (χ1) is 6.91. The standard InChI is InChI=1S/C9H8F2INO2/c1-4(14)5-2-8(15-9(10)11)6(12)3-7(5)13/h2-3,9H,13H2,1H3. The van der Waals surface area contributed by atoms with Gasteiger partial charge in [0, 0.05) is 11.3 Å². The molecule has 82 valence electrons. The number of ketones is 1. The van der Waals surface area contributed by atoms with Gasteiger partial charge in [0.1, 0.15) is 5.75 Å². The third-order valence-electron chi connectivity index (χ3n) is 1.70. The average molecular weight is 327 g/mol. The van der Waals surface area contributed by atoms with Crippen molar-refractivity contribution in [2.24, 2.45) is 0 Å². The molecule has 1 aromatic carbocycles. The number of carbonyl (C=O) groups excluding carboxylic acids is 1. The molecule has 1 aromatic rings. The first kappa shape index (κ1) is 12.2. The summed E-state index contributed by atoms with van der Waals surface area (Å²) in [4.78, 5) is 11.1. The van der Waals surface area contributed by atoms with Crippen molar-refractivity contribution in [1.29, 1.82) is 0 Å². The Balaban J connectivity index is 3.17. The molecule has 6 heteroatoms. The minimum atomic E-state index is -2.91. The lowest BCUT2D eigenvalue weighted by molar-refractivity contribution is -0.0504. The van der Waals surface area contributed by atoms with E-state index in [1.807, 2.05) is 22.6 Å². The van der Waals surface area contributed by atoms with E-state index < -0.39 is 6.61 Å². The van der Waals surface area contributed by atoms with E-state index in [0.29, 0.717) is 3.57 Å². The van der Waals surface area contributed by atoms with Gasteiger partial charge in [0.2, 0.25) is 0 Å². The minimum absolute atomic E-state index is 0.0370. The van der Waals surface area contributed by atoms with Crippen LogP contribution in [0.3, 0.4) is 0 Å². The molecule has 0 spiro atoms. The summed E-state index contributed by atoms with van der Waals surface area (Å²) in [6, 6.07) is 2.65. The largest absolute Gasteiger partial charge is 0.434 e. The van der Waals surface area contributed by atoms with Crippen molar-refractivity contribution in [3.8, 4) is 5.75 Å². The number of halogens is 3. The Morgan fingerprint density at radius 2 is 2.13 bits per heavy atom. The van der Waals surface area contributed by atoms with E-state index in [2.05, 4.69) is 4.74 Å². The van der Waals surface area contributed by atoms with Crippen molar-refractivity contribution < 1.29 is 18.3 Å². The highest BCUT2D eigenvalue weighted by molar-refractivity contribution is 14.1. The second-order valence-electron chi connectivity index (χ2n) is 2.80. The predicted octanol–water partition coefficient (Wildman–Crippen LogP) is 2.68. The van der Waals surface area contributed by atoms with E-state index in [-0.39, 0.29) is 22.8 Å². The summed E-state index contributed by atoms with van der Waals surface area (Å²) in [7, 11) is 0. The number of carbonyl (C=O) groups is 1. The smallest absolute Gasteiger partial charge is 0.387 e. The number of hydrogen-bond donors (Lipinski definition) is 1. The fourth-order valence-electron chi connectivity index (χ4n) is 1.06. The quantitative estimate of drug-likeness (QED) is 0.528. The number of nitrogen functional groups attached to an aromatic ring is 1. The highest BCUT2D eigenvalue weighted by atomic mass is 127. The average Bonchev–Trinajstić information content (AvgIpc) is 2.08. The molecule has 0 aromatic heterocycles. The van der Waals surface area contributed by atoms with Gasteiger partial charge in [0.05, 0.1) is 3.57 Å². The number of Topliss-reactive ketones (excluding diaryl/α,β-unsaturated/α-hetero) is 1. The number of anilines is 1. The third-order valence-corrected chi connectivity index (χ3v) is 2.54. The number of benzene rings is 1. The zero-order chi connectivity index (χ0) is 11.6. The van der Waals surface area contributed by atoms with Crippen molar-refractivity contribution in [3.05, 3.63) is 21.3 Å². The molecule has 1 rings (SSSR count). The summed E-state index contributed by atoms with van der Waals surface area (Å²) in [5.41, 5.74) is 6.00. The number of alkyl halides is 2. The zero-order valence-electron chi connectivity index (χ0n) is 7.76. The molecular formula is C9H8F2INO2. The van der Waals surface area contributed by atoms with Crippen LogP contribution >= 0.6 is 22.6 Å². The fraction of sp³-hybridized carbons (Fsp3) is 0.222. The Hall–Kier alpha value is -0.920. The maximum absolute atomic E-state index is 12.0. The van der Waals surface area contributed by atoms with Gasteiger partial charge in [0.25, 0.3) is 0 Å². The van der Waals surface area contributed by atoms with Gasteiger partial charge in [-0.05, 0) is 41.6 Å². The van der Waals surface area contributed by atoms with Crippen molar-refractivity contribution in [3.63, 3.8) is 0 Å². The molecule has 0 unspecified atom stereocenters. The molecule has 0 aliphatic carbocycles. The zero-order valence-corrected chi connectivity index (χ0v) is 9.92. The fourth-order valence-corrected chi connectivity index (χ4v) is 1.68. The van der Waals surface area contributed by atoms with Gasteiger partial charge in [-0.2, -0.15) is 8.78 Å². The molecule has 0 heterocycles. The summed E-state index contributed by atoms with van der Waals surface area (Å²) in [6.07, 6.45) is 0. The van der Waals surface area contributed by atoms with Gasteiger partial charge in [-0.3, -0.25) is 4.79 Å². The van der Waals surface area contributed by atoms with Crippen LogP contribution in [0.4, 0.5) is 14.5 Å². The second kappa shape index (κ2) is 4.73. The van der Waals surface area contributed by atoms with E-state index in [4.69, 9.17) is 5.73 Å². The molecule has 0 atom stereocenters. The summed E-state index contributed by atoms with van der Waals surface area (Å²) in [6.45, 7) is -1.60. The van der Waals surface area contributed by atoms with Crippen LogP contribution in [0.15, 0.2) is 12.1 Å². The molecule has 0 aliphatic rings. The molecule has 0 radical (unpaired) electrons. The van der Waals surface area contributed by atoms with Gasteiger partial charge >= 0.3 is 6.61 Å². The Morgan fingerprint density at radius 1 is 1.53 bits per heavy atom. The van der Waals surface area contributed by atoms with Gasteiger partial charge in [0.15, 0.2) is 5.78 Å².